The summed E-state index contributed by atoms with van der Waals surface area (Å²) in [5.41, 5.74) is 4.81. The monoisotopic (exact) mass is 348 g/mol. The van der Waals surface area contributed by atoms with Crippen molar-refractivity contribution in [2.75, 3.05) is 5.43 Å². The molecular weight excluding hydrogens is 332 g/mol. The summed E-state index contributed by atoms with van der Waals surface area (Å²) in [6.45, 7) is 0.572. The standard InChI is InChI=1S/C19H16N4O3/c24-18-14-9-8-12(19(25)26)11-16(14)20-17-15(7-4-10-23(17)18)22-21-13-5-2-1-3-6-13/h1-3,5-6,8-9,11,21H,4,7,10H2,(H,25,26)/b22-15+. The number of carboxylic acids is 1. The maximum atomic E-state index is 12.8. The highest BCUT2D eigenvalue weighted by molar-refractivity contribution is 6.00. The van der Waals surface area contributed by atoms with Crippen LogP contribution in [0.1, 0.15) is 29.0 Å². The van der Waals surface area contributed by atoms with Crippen molar-refractivity contribution in [3.63, 3.8) is 0 Å². The quantitative estimate of drug-likeness (QED) is 0.710. The van der Waals surface area contributed by atoms with Crippen molar-refractivity contribution in [3.8, 4) is 0 Å². The minimum Gasteiger partial charge on any atom is -0.478 e. The molecule has 2 heterocycles. The molecule has 26 heavy (non-hydrogen) atoms. The van der Waals surface area contributed by atoms with Gasteiger partial charge in [-0.25, -0.2) is 9.78 Å². The summed E-state index contributed by atoms with van der Waals surface area (Å²) >= 11 is 0. The van der Waals surface area contributed by atoms with Crippen molar-refractivity contribution in [2.45, 2.75) is 19.4 Å². The minimum absolute atomic E-state index is 0.103. The molecule has 0 aliphatic carbocycles. The van der Waals surface area contributed by atoms with Crippen LogP contribution in [0, 0.1) is 0 Å². The Hall–Kier alpha value is -3.48. The molecule has 7 heteroatoms. The number of nitrogens with one attached hydrogen (secondary N) is 1. The second-order valence-corrected chi connectivity index (χ2v) is 6.07. The number of para-hydroxylation sites is 1. The fraction of sp³-hybridized carbons (Fsp3) is 0.158. The van der Waals surface area contributed by atoms with Crippen molar-refractivity contribution >= 4 is 28.3 Å². The van der Waals surface area contributed by atoms with Gasteiger partial charge < -0.3 is 5.11 Å². The van der Waals surface area contributed by atoms with Crippen molar-refractivity contribution in [1.29, 1.82) is 0 Å². The average molecular weight is 348 g/mol. The van der Waals surface area contributed by atoms with Gasteiger partial charge in [0.05, 0.1) is 22.2 Å². The Labute approximate surface area is 148 Å². The SMILES string of the molecule is O=C(O)c1ccc2c(=O)n3c(nc2c1)/C(=N/Nc1ccccc1)CCC3. The lowest BCUT2D eigenvalue weighted by Crippen LogP contribution is -2.32. The predicted octanol–water partition coefficient (Wildman–Crippen LogP) is 2.70. The van der Waals surface area contributed by atoms with Crippen LogP contribution < -0.4 is 11.0 Å². The number of hydrogen-bond donors (Lipinski definition) is 2. The topological polar surface area (TPSA) is 96.6 Å². The zero-order valence-electron chi connectivity index (χ0n) is 13.8. The van der Waals surface area contributed by atoms with Gasteiger partial charge in [0, 0.05) is 6.54 Å². The van der Waals surface area contributed by atoms with Crippen LogP contribution in [-0.2, 0) is 6.54 Å². The Morgan fingerprint density at radius 2 is 2.00 bits per heavy atom. The first kappa shape index (κ1) is 16.0. The number of aromatic nitrogens is 2. The van der Waals surface area contributed by atoms with E-state index in [0.717, 1.165) is 12.1 Å². The van der Waals surface area contributed by atoms with Crippen molar-refractivity contribution in [3.05, 3.63) is 70.3 Å². The molecule has 0 saturated heterocycles. The first-order valence-corrected chi connectivity index (χ1v) is 8.29. The fourth-order valence-corrected chi connectivity index (χ4v) is 3.05. The molecule has 0 bridgehead atoms. The Morgan fingerprint density at radius 3 is 2.77 bits per heavy atom. The molecule has 4 rings (SSSR count). The molecule has 3 aromatic rings. The zero-order chi connectivity index (χ0) is 18.1. The molecule has 130 valence electrons. The molecular formula is C19H16N4O3. The summed E-state index contributed by atoms with van der Waals surface area (Å²) in [5, 5.41) is 14.0. The van der Waals surface area contributed by atoms with Crippen LogP contribution in [0.4, 0.5) is 5.69 Å². The van der Waals surface area contributed by atoms with Gasteiger partial charge in [-0.1, -0.05) is 18.2 Å². The lowest BCUT2D eigenvalue weighted by molar-refractivity contribution is 0.0697. The van der Waals surface area contributed by atoms with Gasteiger partial charge in [0.1, 0.15) is 5.71 Å². The van der Waals surface area contributed by atoms with E-state index in [1.807, 2.05) is 30.3 Å². The third-order valence-corrected chi connectivity index (χ3v) is 4.35. The van der Waals surface area contributed by atoms with E-state index >= 15 is 0 Å². The number of carbonyl (C=O) groups is 1. The maximum absolute atomic E-state index is 12.8. The van der Waals surface area contributed by atoms with Gasteiger partial charge >= 0.3 is 5.97 Å². The van der Waals surface area contributed by atoms with E-state index in [9.17, 15) is 9.59 Å². The van der Waals surface area contributed by atoms with Gasteiger partial charge in [0.15, 0.2) is 5.82 Å². The predicted molar refractivity (Wildman–Crippen MR) is 98.8 cm³/mol. The lowest BCUT2D eigenvalue weighted by atomic mass is 10.1. The number of rotatable bonds is 3. The van der Waals surface area contributed by atoms with E-state index in [1.54, 1.807) is 4.57 Å². The summed E-state index contributed by atoms with van der Waals surface area (Å²) in [5.74, 6) is -0.564. The van der Waals surface area contributed by atoms with Gasteiger partial charge in [-0.3, -0.25) is 14.8 Å². The first-order valence-electron chi connectivity index (χ1n) is 8.29. The number of nitrogens with zero attached hydrogens (tertiary/aromatic N) is 3. The van der Waals surface area contributed by atoms with Crippen LogP contribution in [0.3, 0.4) is 0 Å². The molecule has 0 spiro atoms. The van der Waals surface area contributed by atoms with Crippen LogP contribution in [0.5, 0.6) is 0 Å². The van der Waals surface area contributed by atoms with E-state index in [4.69, 9.17) is 5.11 Å². The summed E-state index contributed by atoms with van der Waals surface area (Å²) in [6, 6.07) is 13.9. The smallest absolute Gasteiger partial charge is 0.335 e. The summed E-state index contributed by atoms with van der Waals surface area (Å²) in [4.78, 5) is 28.5. The third kappa shape index (κ3) is 2.83. The molecule has 0 unspecified atom stereocenters. The molecule has 0 atom stereocenters. The average Bonchev–Trinajstić information content (AvgIpc) is 2.67. The van der Waals surface area contributed by atoms with Crippen LogP contribution in [0.25, 0.3) is 10.9 Å². The first-order chi connectivity index (χ1) is 12.6. The van der Waals surface area contributed by atoms with E-state index in [2.05, 4.69) is 15.5 Å². The molecule has 1 aliphatic rings. The Bertz CT molecular complexity index is 1090. The van der Waals surface area contributed by atoms with Gasteiger partial charge in [-0.05, 0) is 43.2 Å². The second kappa shape index (κ2) is 6.44. The van der Waals surface area contributed by atoms with Crippen molar-refractivity contribution in [1.82, 2.24) is 9.55 Å². The molecule has 2 aromatic carbocycles. The van der Waals surface area contributed by atoms with Crippen LogP contribution in [0.2, 0.25) is 0 Å². The van der Waals surface area contributed by atoms with E-state index in [1.165, 1.54) is 18.2 Å². The fourth-order valence-electron chi connectivity index (χ4n) is 3.05. The van der Waals surface area contributed by atoms with Crippen LogP contribution >= 0.6 is 0 Å². The number of carboxylic acid groups (broad SMARTS) is 1. The molecule has 0 fully saturated rings. The molecule has 1 aromatic heterocycles. The number of hydrogen-bond acceptors (Lipinski definition) is 5. The van der Waals surface area contributed by atoms with Crippen molar-refractivity contribution < 1.29 is 9.90 Å². The molecule has 2 N–H and O–H groups in total. The highest BCUT2D eigenvalue weighted by atomic mass is 16.4. The Balaban J connectivity index is 1.82. The molecule has 0 radical (unpaired) electrons. The van der Waals surface area contributed by atoms with Crippen LogP contribution in [0.15, 0.2) is 58.4 Å². The third-order valence-electron chi connectivity index (χ3n) is 4.35. The minimum atomic E-state index is -1.05. The summed E-state index contributed by atoms with van der Waals surface area (Å²) in [7, 11) is 0. The number of fused-ring (bicyclic) bond motifs is 2. The van der Waals surface area contributed by atoms with E-state index in [0.29, 0.717) is 35.4 Å². The van der Waals surface area contributed by atoms with E-state index < -0.39 is 5.97 Å². The number of benzene rings is 2. The highest BCUT2D eigenvalue weighted by Gasteiger charge is 2.21. The number of hydrazone groups is 1. The summed E-state index contributed by atoms with van der Waals surface area (Å²) in [6.07, 6.45) is 1.49. The van der Waals surface area contributed by atoms with Gasteiger partial charge in [0.2, 0.25) is 0 Å². The lowest BCUT2D eigenvalue weighted by Gasteiger charge is -2.19. The molecule has 0 saturated carbocycles. The number of anilines is 1. The zero-order valence-corrected chi connectivity index (χ0v) is 13.8. The second-order valence-electron chi connectivity index (χ2n) is 6.07. The van der Waals surface area contributed by atoms with Gasteiger partial charge in [0.25, 0.3) is 5.56 Å². The highest BCUT2D eigenvalue weighted by Crippen LogP contribution is 2.18. The van der Waals surface area contributed by atoms with Crippen LogP contribution in [-0.4, -0.2) is 26.3 Å². The molecule has 0 amide bonds. The van der Waals surface area contributed by atoms with Crippen molar-refractivity contribution in [2.24, 2.45) is 5.10 Å². The van der Waals surface area contributed by atoms with Gasteiger partial charge in [-0.15, -0.1) is 0 Å². The van der Waals surface area contributed by atoms with Gasteiger partial charge in [-0.2, -0.15) is 5.10 Å². The normalized spacial score (nSPS) is 15.0. The Morgan fingerprint density at radius 1 is 1.19 bits per heavy atom. The molecule has 1 aliphatic heterocycles. The maximum Gasteiger partial charge on any atom is 0.335 e. The number of aromatic carboxylic acids is 1. The Kier molecular flexibility index (Phi) is 3.96. The largest absolute Gasteiger partial charge is 0.478 e. The van der Waals surface area contributed by atoms with E-state index in [-0.39, 0.29) is 11.1 Å². The molecule has 7 nitrogen and oxygen atoms in total. The summed E-state index contributed by atoms with van der Waals surface area (Å²) < 4.78 is 1.61.